The highest BCUT2D eigenvalue weighted by Gasteiger charge is 2.09. The van der Waals surface area contributed by atoms with E-state index in [0.29, 0.717) is 17.1 Å². The van der Waals surface area contributed by atoms with Crippen molar-refractivity contribution in [2.24, 2.45) is 12.2 Å². The van der Waals surface area contributed by atoms with E-state index >= 15 is 0 Å². The molecular weight excluding hydrogens is 320 g/mol. The minimum atomic E-state index is -0.205. The number of aromatic nitrogens is 4. The minimum Gasteiger partial charge on any atom is -0.399 e. The van der Waals surface area contributed by atoms with E-state index in [4.69, 9.17) is 0 Å². The van der Waals surface area contributed by atoms with Crippen molar-refractivity contribution >= 4 is 17.8 Å². The normalized spacial score (nSPS) is 10.8. The Balaban J connectivity index is 1.75. The summed E-state index contributed by atoms with van der Waals surface area (Å²) >= 11 is 0. The molecule has 25 heavy (non-hydrogen) atoms. The highest BCUT2D eigenvalue weighted by molar-refractivity contribution is 6.04. The third-order valence-corrected chi connectivity index (χ3v) is 3.48. The van der Waals surface area contributed by atoms with Crippen molar-refractivity contribution < 1.29 is 9.63 Å². The maximum Gasteiger partial charge on any atom is 0.255 e. The van der Waals surface area contributed by atoms with Crippen molar-refractivity contribution in [2.45, 2.75) is 0 Å². The lowest BCUT2D eigenvalue weighted by atomic mass is 10.1. The topological polar surface area (TPSA) is 94.3 Å². The van der Waals surface area contributed by atoms with Gasteiger partial charge in [0.05, 0.1) is 6.21 Å². The summed E-state index contributed by atoms with van der Waals surface area (Å²) in [5, 5.41) is 17.9. The Morgan fingerprint density at radius 3 is 2.72 bits per heavy atom. The molecule has 0 unspecified atom stereocenters. The Morgan fingerprint density at radius 2 is 2.04 bits per heavy atom. The van der Waals surface area contributed by atoms with Gasteiger partial charge in [0.2, 0.25) is 0 Å². The van der Waals surface area contributed by atoms with E-state index in [0.717, 1.165) is 11.1 Å². The van der Waals surface area contributed by atoms with Crippen molar-refractivity contribution in [3.8, 4) is 11.4 Å². The fourth-order valence-corrected chi connectivity index (χ4v) is 2.25. The number of carbonyl (C=O) groups excluding carboxylic acids is 1. The molecule has 1 amide bonds. The van der Waals surface area contributed by atoms with Gasteiger partial charge >= 0.3 is 0 Å². The number of hydrogen-bond donors (Lipinski definition) is 1. The number of benzene rings is 2. The molecule has 1 aromatic heterocycles. The number of oxime groups is 1. The van der Waals surface area contributed by atoms with Crippen LogP contribution in [0.4, 0.5) is 5.69 Å². The van der Waals surface area contributed by atoms with E-state index in [2.05, 4.69) is 30.8 Å². The summed E-state index contributed by atoms with van der Waals surface area (Å²) in [5.74, 6) is 0.418. The first-order valence-corrected chi connectivity index (χ1v) is 7.48. The van der Waals surface area contributed by atoms with E-state index < -0.39 is 0 Å². The molecule has 0 bridgehead atoms. The Labute approximate surface area is 144 Å². The number of anilines is 1. The van der Waals surface area contributed by atoms with E-state index in [1.807, 2.05) is 24.3 Å². The number of rotatable bonds is 5. The van der Waals surface area contributed by atoms with Crippen LogP contribution in [-0.4, -0.2) is 39.4 Å². The molecule has 2 aromatic carbocycles. The predicted molar refractivity (Wildman–Crippen MR) is 93.2 cm³/mol. The molecular formula is C17H16N6O2. The summed E-state index contributed by atoms with van der Waals surface area (Å²) in [6, 6.07) is 14.4. The summed E-state index contributed by atoms with van der Waals surface area (Å²) in [7, 11) is 3.23. The molecule has 3 rings (SSSR count). The Kier molecular flexibility index (Phi) is 4.79. The third kappa shape index (κ3) is 3.86. The second-order valence-corrected chi connectivity index (χ2v) is 5.20. The zero-order chi connectivity index (χ0) is 17.6. The molecule has 0 radical (unpaired) electrons. The summed E-state index contributed by atoms with van der Waals surface area (Å²) in [6.07, 6.45) is 1.57. The minimum absolute atomic E-state index is 0.205. The number of nitrogens with zero attached hydrogens (tertiary/aromatic N) is 5. The lowest BCUT2D eigenvalue weighted by Crippen LogP contribution is -2.12. The average Bonchev–Trinajstić information content (AvgIpc) is 3.06. The van der Waals surface area contributed by atoms with Gasteiger partial charge in [0.25, 0.3) is 5.91 Å². The fraction of sp³-hybridized carbons (Fsp3) is 0.118. The zero-order valence-electron chi connectivity index (χ0n) is 13.7. The first-order chi connectivity index (χ1) is 12.2. The van der Waals surface area contributed by atoms with Crippen LogP contribution in [0.15, 0.2) is 53.7 Å². The second kappa shape index (κ2) is 7.35. The molecule has 0 aliphatic carbocycles. The van der Waals surface area contributed by atoms with Crippen LogP contribution in [0.1, 0.15) is 15.9 Å². The standard InChI is InChI=1S/C17H16N6O2/c1-23-16(20-21-22-23)14-4-3-5-15(10-14)19-17(24)13-8-6-12(7-9-13)11-18-25-2/h3-11H,1-2H3,(H,19,24). The molecule has 0 atom stereocenters. The van der Waals surface area contributed by atoms with Crippen molar-refractivity contribution in [1.82, 2.24) is 20.2 Å². The van der Waals surface area contributed by atoms with E-state index in [1.165, 1.54) is 7.11 Å². The van der Waals surface area contributed by atoms with Crippen molar-refractivity contribution in [2.75, 3.05) is 12.4 Å². The van der Waals surface area contributed by atoms with Gasteiger partial charge in [-0.25, -0.2) is 4.68 Å². The molecule has 8 nitrogen and oxygen atoms in total. The molecule has 0 fully saturated rings. The molecule has 1 N–H and O–H groups in total. The lowest BCUT2D eigenvalue weighted by molar-refractivity contribution is 0.102. The van der Waals surface area contributed by atoms with Gasteiger partial charge in [0.1, 0.15) is 7.11 Å². The molecule has 0 spiro atoms. The Bertz CT molecular complexity index is 902. The maximum absolute atomic E-state index is 12.4. The quantitative estimate of drug-likeness (QED) is 0.569. The number of tetrazole rings is 1. The van der Waals surface area contributed by atoms with Gasteiger partial charge in [0, 0.05) is 23.9 Å². The molecule has 0 aliphatic heterocycles. The highest BCUT2D eigenvalue weighted by atomic mass is 16.6. The van der Waals surface area contributed by atoms with Crippen LogP contribution in [-0.2, 0) is 11.9 Å². The fourth-order valence-electron chi connectivity index (χ4n) is 2.25. The van der Waals surface area contributed by atoms with Crippen LogP contribution in [0, 0.1) is 0 Å². The van der Waals surface area contributed by atoms with Crippen LogP contribution in [0.5, 0.6) is 0 Å². The number of amides is 1. The summed E-state index contributed by atoms with van der Waals surface area (Å²) < 4.78 is 1.57. The lowest BCUT2D eigenvalue weighted by Gasteiger charge is -2.07. The molecule has 1 heterocycles. The summed E-state index contributed by atoms with van der Waals surface area (Å²) in [5.41, 5.74) is 2.86. The Morgan fingerprint density at radius 1 is 1.24 bits per heavy atom. The van der Waals surface area contributed by atoms with Gasteiger partial charge in [-0.05, 0) is 40.3 Å². The molecule has 8 heteroatoms. The first-order valence-electron chi connectivity index (χ1n) is 7.48. The van der Waals surface area contributed by atoms with Gasteiger partial charge in [-0.3, -0.25) is 4.79 Å². The zero-order valence-corrected chi connectivity index (χ0v) is 13.7. The van der Waals surface area contributed by atoms with Crippen molar-refractivity contribution in [3.63, 3.8) is 0 Å². The maximum atomic E-state index is 12.4. The van der Waals surface area contributed by atoms with Crippen molar-refractivity contribution in [3.05, 3.63) is 59.7 Å². The predicted octanol–water partition coefficient (Wildman–Crippen LogP) is 2.11. The van der Waals surface area contributed by atoms with E-state index in [1.54, 1.807) is 42.2 Å². The van der Waals surface area contributed by atoms with Gasteiger partial charge in [0.15, 0.2) is 5.82 Å². The third-order valence-electron chi connectivity index (χ3n) is 3.48. The number of carbonyl (C=O) groups is 1. The van der Waals surface area contributed by atoms with Crippen LogP contribution in [0.25, 0.3) is 11.4 Å². The van der Waals surface area contributed by atoms with Crippen LogP contribution >= 0.6 is 0 Å². The summed E-state index contributed by atoms with van der Waals surface area (Å²) in [4.78, 5) is 17.0. The molecule has 126 valence electrons. The Hall–Kier alpha value is -3.55. The molecule has 0 aliphatic rings. The largest absolute Gasteiger partial charge is 0.399 e. The number of aryl methyl sites for hydroxylation is 1. The van der Waals surface area contributed by atoms with Crippen LogP contribution in [0.2, 0.25) is 0 Å². The number of nitrogens with one attached hydrogen (secondary N) is 1. The van der Waals surface area contributed by atoms with Gasteiger partial charge in [-0.15, -0.1) is 5.10 Å². The SMILES string of the molecule is CON=Cc1ccc(C(=O)Nc2cccc(-c3nnnn3C)c2)cc1. The molecule has 3 aromatic rings. The highest BCUT2D eigenvalue weighted by Crippen LogP contribution is 2.20. The monoisotopic (exact) mass is 336 g/mol. The van der Waals surface area contributed by atoms with Crippen molar-refractivity contribution in [1.29, 1.82) is 0 Å². The molecule has 0 saturated heterocycles. The number of hydrogen-bond acceptors (Lipinski definition) is 6. The van der Waals surface area contributed by atoms with Gasteiger partial charge in [-0.1, -0.05) is 29.4 Å². The van der Waals surface area contributed by atoms with Crippen LogP contribution < -0.4 is 5.32 Å². The molecule has 0 saturated carbocycles. The van der Waals surface area contributed by atoms with E-state index in [9.17, 15) is 4.79 Å². The average molecular weight is 336 g/mol. The van der Waals surface area contributed by atoms with Crippen LogP contribution in [0.3, 0.4) is 0 Å². The van der Waals surface area contributed by atoms with Gasteiger partial charge < -0.3 is 10.2 Å². The first kappa shape index (κ1) is 16.3. The summed E-state index contributed by atoms with van der Waals surface area (Å²) in [6.45, 7) is 0. The van der Waals surface area contributed by atoms with E-state index in [-0.39, 0.29) is 5.91 Å². The second-order valence-electron chi connectivity index (χ2n) is 5.20. The smallest absolute Gasteiger partial charge is 0.255 e. The van der Waals surface area contributed by atoms with Gasteiger partial charge in [-0.2, -0.15) is 0 Å².